The van der Waals surface area contributed by atoms with Gasteiger partial charge in [-0.05, 0) is 36.8 Å². The van der Waals surface area contributed by atoms with Crippen LogP contribution in [0.5, 0.6) is 0 Å². The van der Waals surface area contributed by atoms with Crippen LogP contribution in [0.1, 0.15) is 19.9 Å². The van der Waals surface area contributed by atoms with Crippen LogP contribution >= 0.6 is 0 Å². The maximum absolute atomic E-state index is 12.1. The number of aromatic nitrogens is 2. The van der Waals surface area contributed by atoms with Gasteiger partial charge in [-0.3, -0.25) is 4.79 Å². The van der Waals surface area contributed by atoms with Gasteiger partial charge in [0.1, 0.15) is 0 Å². The molecular weight excluding hydrogens is 304 g/mol. The Morgan fingerprint density at radius 3 is 2.62 bits per heavy atom. The third-order valence-corrected chi connectivity index (χ3v) is 3.86. The van der Waals surface area contributed by atoms with E-state index in [1.807, 2.05) is 42.5 Å². The Bertz CT molecular complexity index is 946. The highest BCUT2D eigenvalue weighted by molar-refractivity contribution is 5.86. The van der Waals surface area contributed by atoms with Crippen molar-refractivity contribution in [1.82, 2.24) is 9.78 Å². The fraction of sp³-hybridized carbons (Fsp3) is 0.211. The van der Waals surface area contributed by atoms with E-state index >= 15 is 0 Å². The van der Waals surface area contributed by atoms with Crippen LogP contribution < -0.4 is 5.56 Å². The molecule has 1 aromatic heterocycles. The molecule has 0 fully saturated rings. The molecule has 3 aromatic rings. The van der Waals surface area contributed by atoms with Gasteiger partial charge in [0.15, 0.2) is 6.04 Å². The number of fused-ring (bicyclic) bond motifs is 1. The van der Waals surface area contributed by atoms with Crippen molar-refractivity contribution in [3.05, 3.63) is 65.0 Å². The number of benzene rings is 2. The largest absolute Gasteiger partial charge is 0.464 e. The van der Waals surface area contributed by atoms with Gasteiger partial charge >= 0.3 is 5.97 Å². The topological polar surface area (TPSA) is 61.2 Å². The lowest BCUT2D eigenvalue weighted by atomic mass is 10.1. The van der Waals surface area contributed by atoms with Crippen molar-refractivity contribution in [3.8, 4) is 11.3 Å². The lowest BCUT2D eigenvalue weighted by Crippen LogP contribution is -2.31. The highest BCUT2D eigenvalue weighted by atomic mass is 16.5. The van der Waals surface area contributed by atoms with Gasteiger partial charge in [-0.25, -0.2) is 9.48 Å². The van der Waals surface area contributed by atoms with E-state index in [0.717, 1.165) is 16.3 Å². The number of hydrogen-bond acceptors (Lipinski definition) is 4. The third-order valence-electron chi connectivity index (χ3n) is 3.86. The second-order valence-electron chi connectivity index (χ2n) is 5.49. The molecule has 1 atom stereocenters. The number of hydrogen-bond donors (Lipinski definition) is 0. The highest BCUT2D eigenvalue weighted by Gasteiger charge is 2.19. The predicted octanol–water partition coefficient (Wildman–Crippen LogP) is 3.19. The molecule has 24 heavy (non-hydrogen) atoms. The van der Waals surface area contributed by atoms with Gasteiger partial charge in [-0.2, -0.15) is 5.10 Å². The van der Waals surface area contributed by atoms with Crippen LogP contribution in [-0.4, -0.2) is 22.4 Å². The smallest absolute Gasteiger partial charge is 0.330 e. The predicted molar refractivity (Wildman–Crippen MR) is 92.8 cm³/mol. The van der Waals surface area contributed by atoms with E-state index in [2.05, 4.69) is 5.10 Å². The summed E-state index contributed by atoms with van der Waals surface area (Å²) in [5.41, 5.74) is 1.19. The summed E-state index contributed by atoms with van der Waals surface area (Å²) in [4.78, 5) is 24.0. The average molecular weight is 322 g/mol. The minimum absolute atomic E-state index is 0.266. The van der Waals surface area contributed by atoms with E-state index < -0.39 is 12.0 Å². The van der Waals surface area contributed by atoms with Crippen LogP contribution in [0.2, 0.25) is 0 Å². The minimum atomic E-state index is -0.766. The number of nitrogens with zero attached hydrogens (tertiary/aromatic N) is 2. The van der Waals surface area contributed by atoms with Gasteiger partial charge in [0.2, 0.25) is 0 Å². The van der Waals surface area contributed by atoms with Crippen LogP contribution in [0.25, 0.3) is 22.0 Å². The summed E-state index contributed by atoms with van der Waals surface area (Å²) in [6.45, 7) is 3.60. The summed E-state index contributed by atoms with van der Waals surface area (Å²) in [5, 5.41) is 6.58. The molecule has 0 aliphatic heterocycles. The second-order valence-corrected chi connectivity index (χ2v) is 5.49. The molecule has 1 heterocycles. The molecule has 5 nitrogen and oxygen atoms in total. The Kier molecular flexibility index (Phi) is 4.42. The number of esters is 1. The molecule has 0 unspecified atom stereocenters. The highest BCUT2D eigenvalue weighted by Crippen LogP contribution is 2.22. The SMILES string of the molecule is CCOC(=O)[C@@H](C)n1nc(-c2ccc3ccccc3c2)ccc1=O. The minimum Gasteiger partial charge on any atom is -0.464 e. The van der Waals surface area contributed by atoms with Crippen molar-refractivity contribution < 1.29 is 9.53 Å². The number of ether oxygens (including phenoxy) is 1. The summed E-state index contributed by atoms with van der Waals surface area (Å²) in [6, 6.07) is 16.3. The van der Waals surface area contributed by atoms with Crippen molar-refractivity contribution in [1.29, 1.82) is 0 Å². The van der Waals surface area contributed by atoms with Gasteiger partial charge in [0.25, 0.3) is 5.56 Å². The van der Waals surface area contributed by atoms with Gasteiger partial charge in [-0.1, -0.05) is 36.4 Å². The van der Waals surface area contributed by atoms with Crippen molar-refractivity contribution in [3.63, 3.8) is 0 Å². The molecule has 5 heteroatoms. The van der Waals surface area contributed by atoms with Crippen molar-refractivity contribution >= 4 is 16.7 Å². The first-order valence-electron chi connectivity index (χ1n) is 7.86. The van der Waals surface area contributed by atoms with E-state index in [1.165, 1.54) is 10.7 Å². The van der Waals surface area contributed by atoms with Gasteiger partial charge < -0.3 is 4.74 Å². The van der Waals surface area contributed by atoms with E-state index in [1.54, 1.807) is 19.9 Å². The summed E-state index contributed by atoms with van der Waals surface area (Å²) in [6.07, 6.45) is 0. The Hall–Kier alpha value is -2.95. The standard InChI is InChI=1S/C19H18N2O3/c1-3-24-19(23)13(2)21-18(22)11-10-17(20-21)16-9-8-14-6-4-5-7-15(14)12-16/h4-13H,3H2,1-2H3/t13-/m1/s1. The summed E-state index contributed by atoms with van der Waals surface area (Å²) >= 11 is 0. The average Bonchev–Trinajstić information content (AvgIpc) is 2.61. The molecule has 0 aliphatic rings. The van der Waals surface area contributed by atoms with Crippen molar-refractivity contribution in [2.24, 2.45) is 0 Å². The summed E-state index contributed by atoms with van der Waals surface area (Å²) in [5.74, 6) is -0.470. The Morgan fingerprint density at radius 2 is 1.88 bits per heavy atom. The van der Waals surface area contributed by atoms with Crippen LogP contribution in [0, 0.1) is 0 Å². The monoisotopic (exact) mass is 322 g/mol. The Balaban J connectivity index is 2.03. The molecule has 0 saturated carbocycles. The lowest BCUT2D eigenvalue weighted by Gasteiger charge is -2.13. The molecule has 3 rings (SSSR count). The number of carbonyl (C=O) groups excluding carboxylic acids is 1. The zero-order chi connectivity index (χ0) is 17.1. The summed E-state index contributed by atoms with van der Waals surface area (Å²) < 4.78 is 6.15. The fourth-order valence-electron chi connectivity index (χ4n) is 2.57. The van der Waals surface area contributed by atoms with Crippen LogP contribution in [-0.2, 0) is 9.53 Å². The lowest BCUT2D eigenvalue weighted by molar-refractivity contribution is -0.147. The molecule has 0 saturated heterocycles. The fourth-order valence-corrected chi connectivity index (χ4v) is 2.57. The van der Waals surface area contributed by atoms with E-state index in [9.17, 15) is 9.59 Å². The van der Waals surface area contributed by atoms with Gasteiger partial charge in [0.05, 0.1) is 12.3 Å². The molecule has 2 aromatic carbocycles. The van der Waals surface area contributed by atoms with E-state index in [-0.39, 0.29) is 12.2 Å². The molecule has 0 radical (unpaired) electrons. The first-order valence-corrected chi connectivity index (χ1v) is 7.86. The maximum atomic E-state index is 12.1. The second kappa shape index (κ2) is 6.66. The van der Waals surface area contributed by atoms with Crippen LogP contribution in [0.3, 0.4) is 0 Å². The summed E-state index contributed by atoms with van der Waals surface area (Å²) in [7, 11) is 0. The van der Waals surface area contributed by atoms with Crippen LogP contribution in [0.4, 0.5) is 0 Å². The molecule has 0 amide bonds. The Morgan fingerprint density at radius 1 is 1.12 bits per heavy atom. The number of rotatable bonds is 4. The zero-order valence-electron chi connectivity index (χ0n) is 13.6. The van der Waals surface area contributed by atoms with Gasteiger partial charge in [0, 0.05) is 11.6 Å². The molecular formula is C19H18N2O3. The number of carbonyl (C=O) groups is 1. The quantitative estimate of drug-likeness (QED) is 0.692. The van der Waals surface area contributed by atoms with E-state index in [0.29, 0.717) is 5.69 Å². The Labute approximate surface area is 139 Å². The van der Waals surface area contributed by atoms with Crippen molar-refractivity contribution in [2.75, 3.05) is 6.61 Å². The van der Waals surface area contributed by atoms with Gasteiger partial charge in [-0.15, -0.1) is 0 Å². The molecule has 0 spiro atoms. The normalized spacial score (nSPS) is 12.1. The van der Waals surface area contributed by atoms with E-state index in [4.69, 9.17) is 4.74 Å². The molecule has 0 bridgehead atoms. The third kappa shape index (κ3) is 3.06. The first kappa shape index (κ1) is 15.9. The zero-order valence-corrected chi connectivity index (χ0v) is 13.6. The van der Waals surface area contributed by atoms with Crippen LogP contribution in [0.15, 0.2) is 59.4 Å². The molecule has 122 valence electrons. The molecule has 0 aliphatic carbocycles. The maximum Gasteiger partial charge on any atom is 0.330 e. The molecule has 0 N–H and O–H groups in total. The first-order chi connectivity index (χ1) is 11.6. The van der Waals surface area contributed by atoms with Crippen molar-refractivity contribution in [2.45, 2.75) is 19.9 Å².